The molecule has 0 aromatic heterocycles. The molecule has 21 heavy (non-hydrogen) atoms. The van der Waals surface area contributed by atoms with E-state index in [9.17, 15) is 14.7 Å². The van der Waals surface area contributed by atoms with Crippen molar-refractivity contribution in [3.8, 4) is 0 Å². The van der Waals surface area contributed by atoms with Crippen molar-refractivity contribution in [3.63, 3.8) is 0 Å². The Bertz CT molecular complexity index is 398. The molecule has 1 rings (SSSR count). The van der Waals surface area contributed by atoms with Crippen molar-refractivity contribution < 1.29 is 24.2 Å². The smallest absolute Gasteiger partial charge is 0.350 e. The number of methoxy groups -OCH3 is 1. The fourth-order valence-corrected chi connectivity index (χ4v) is 3.89. The molecule has 0 saturated carbocycles. The average Bonchev–Trinajstić information content (AvgIpc) is 2.30. The van der Waals surface area contributed by atoms with Gasteiger partial charge in [0.05, 0.1) is 13.7 Å². The molecule has 0 aliphatic carbocycles. The Morgan fingerprint density at radius 3 is 1.95 bits per heavy atom. The lowest BCUT2D eigenvalue weighted by atomic mass is 9.70. The fourth-order valence-electron chi connectivity index (χ4n) is 3.89. The summed E-state index contributed by atoms with van der Waals surface area (Å²) in [5.74, 6) is -1.02. The minimum Gasteiger partial charge on any atom is -0.466 e. The van der Waals surface area contributed by atoms with Crippen LogP contribution in [-0.2, 0) is 19.1 Å². The second kappa shape index (κ2) is 5.93. The Kier molecular flexibility index (Phi) is 5.05. The number of likely N-dealkylation sites (tertiary alicyclic amines) is 1. The van der Waals surface area contributed by atoms with Crippen molar-refractivity contribution in [2.75, 3.05) is 20.3 Å². The molecule has 0 aromatic carbocycles. The zero-order valence-electron chi connectivity index (χ0n) is 13.9. The van der Waals surface area contributed by atoms with Gasteiger partial charge in [0.25, 0.3) is 0 Å². The summed E-state index contributed by atoms with van der Waals surface area (Å²) >= 11 is 0. The Morgan fingerprint density at radius 1 is 1.14 bits per heavy atom. The zero-order valence-corrected chi connectivity index (χ0v) is 13.9. The summed E-state index contributed by atoms with van der Waals surface area (Å²) in [7, 11) is 1.30. The molecule has 1 saturated heterocycles. The van der Waals surface area contributed by atoms with Gasteiger partial charge in [-0.15, -0.1) is 0 Å². The predicted molar refractivity (Wildman–Crippen MR) is 77.7 cm³/mol. The highest BCUT2D eigenvalue weighted by Gasteiger charge is 2.58. The summed E-state index contributed by atoms with van der Waals surface area (Å²) < 4.78 is 10.3. The first-order chi connectivity index (χ1) is 9.50. The minimum atomic E-state index is -1.28. The molecule has 1 heterocycles. The van der Waals surface area contributed by atoms with Gasteiger partial charge in [-0.05, 0) is 27.7 Å². The zero-order chi connectivity index (χ0) is 16.5. The molecule has 0 amide bonds. The number of aliphatic hydroxyl groups excluding tert-OH is 1. The highest BCUT2D eigenvalue weighted by molar-refractivity contribution is 5.83. The van der Waals surface area contributed by atoms with Crippen molar-refractivity contribution in [1.29, 1.82) is 0 Å². The summed E-state index contributed by atoms with van der Waals surface area (Å²) in [6, 6.07) is 0. The van der Waals surface area contributed by atoms with Crippen LogP contribution in [0.1, 0.15) is 47.5 Å². The fraction of sp³-hybridized carbons (Fsp3) is 0.867. The third-order valence-electron chi connectivity index (χ3n) is 4.12. The van der Waals surface area contributed by atoms with Crippen LogP contribution >= 0.6 is 0 Å². The number of ether oxygens (including phenoxy) is 2. The second-order valence-electron chi connectivity index (χ2n) is 6.93. The van der Waals surface area contributed by atoms with Crippen LogP contribution in [0.4, 0.5) is 0 Å². The minimum absolute atomic E-state index is 0.0334. The van der Waals surface area contributed by atoms with E-state index in [0.29, 0.717) is 19.4 Å². The Morgan fingerprint density at radius 2 is 1.62 bits per heavy atom. The highest BCUT2D eigenvalue weighted by atomic mass is 16.6. The monoisotopic (exact) mass is 301 g/mol. The first-order valence-corrected chi connectivity index (χ1v) is 7.17. The standard InChI is InChI=1S/C15H27NO5/c1-11(18)21-15(12(19)20-6)9-13(2,3)16(7-8-17)14(4,5)10-15/h17H,7-10H2,1-6H3. The highest BCUT2D eigenvalue weighted by Crippen LogP contribution is 2.45. The maximum Gasteiger partial charge on any atom is 0.350 e. The summed E-state index contributed by atoms with van der Waals surface area (Å²) in [5, 5.41) is 9.30. The number of esters is 2. The number of nitrogens with zero attached hydrogens (tertiary/aromatic N) is 1. The predicted octanol–water partition coefficient (Wildman–Crippen LogP) is 1.11. The second-order valence-corrected chi connectivity index (χ2v) is 6.93. The SMILES string of the molecule is COC(=O)C1(OC(C)=O)CC(C)(C)N(CCO)C(C)(C)C1. The number of piperidine rings is 1. The van der Waals surface area contributed by atoms with Gasteiger partial charge in [0, 0.05) is 37.4 Å². The van der Waals surface area contributed by atoms with E-state index in [1.165, 1.54) is 14.0 Å². The molecule has 1 fully saturated rings. The van der Waals surface area contributed by atoms with E-state index in [-0.39, 0.29) is 6.61 Å². The Balaban J connectivity index is 3.26. The van der Waals surface area contributed by atoms with Gasteiger partial charge in [-0.1, -0.05) is 0 Å². The molecule has 0 aromatic rings. The molecule has 6 heteroatoms. The Labute approximate surface area is 126 Å². The maximum absolute atomic E-state index is 12.3. The van der Waals surface area contributed by atoms with Gasteiger partial charge in [0.2, 0.25) is 5.60 Å². The normalized spacial score (nSPS) is 23.4. The van der Waals surface area contributed by atoms with Gasteiger partial charge in [0.1, 0.15) is 0 Å². The van der Waals surface area contributed by atoms with Gasteiger partial charge in [-0.3, -0.25) is 9.69 Å². The largest absolute Gasteiger partial charge is 0.466 e. The van der Waals surface area contributed by atoms with E-state index in [2.05, 4.69) is 4.90 Å². The lowest BCUT2D eigenvalue weighted by molar-refractivity contribution is -0.203. The van der Waals surface area contributed by atoms with E-state index in [1.807, 2.05) is 27.7 Å². The number of β-amino-alcohol motifs (C(OH)–C–C–N with tert-alkyl or cyclic N) is 1. The van der Waals surface area contributed by atoms with E-state index in [4.69, 9.17) is 9.47 Å². The first kappa shape index (κ1) is 17.9. The van der Waals surface area contributed by atoms with Gasteiger partial charge in [0.15, 0.2) is 0 Å². The average molecular weight is 301 g/mol. The van der Waals surface area contributed by atoms with Crippen molar-refractivity contribution in [2.45, 2.75) is 64.1 Å². The molecule has 0 atom stereocenters. The molecule has 122 valence electrons. The van der Waals surface area contributed by atoms with Crippen LogP contribution in [0.15, 0.2) is 0 Å². The molecule has 1 aliphatic rings. The van der Waals surface area contributed by atoms with Crippen LogP contribution in [0.5, 0.6) is 0 Å². The number of rotatable bonds is 4. The maximum atomic E-state index is 12.3. The van der Waals surface area contributed by atoms with Crippen LogP contribution in [0.3, 0.4) is 0 Å². The third-order valence-corrected chi connectivity index (χ3v) is 4.12. The molecule has 0 spiro atoms. The van der Waals surface area contributed by atoms with Crippen LogP contribution < -0.4 is 0 Å². The van der Waals surface area contributed by atoms with Gasteiger partial charge < -0.3 is 14.6 Å². The number of hydrogen-bond donors (Lipinski definition) is 1. The molecular weight excluding hydrogens is 274 g/mol. The molecule has 0 radical (unpaired) electrons. The van der Waals surface area contributed by atoms with Crippen LogP contribution in [0, 0.1) is 0 Å². The Hall–Kier alpha value is -1.14. The van der Waals surface area contributed by atoms with Gasteiger partial charge in [-0.2, -0.15) is 0 Å². The molecule has 6 nitrogen and oxygen atoms in total. The molecule has 1 aliphatic heterocycles. The topological polar surface area (TPSA) is 76.1 Å². The van der Waals surface area contributed by atoms with Crippen LogP contribution in [0.2, 0.25) is 0 Å². The third kappa shape index (κ3) is 3.55. The van der Waals surface area contributed by atoms with E-state index in [0.717, 1.165) is 0 Å². The number of carbonyl (C=O) groups is 2. The molecular formula is C15H27NO5. The lowest BCUT2D eigenvalue weighted by Gasteiger charge is -2.57. The lowest BCUT2D eigenvalue weighted by Crippen LogP contribution is -2.68. The van der Waals surface area contributed by atoms with Crippen molar-refractivity contribution >= 4 is 11.9 Å². The van der Waals surface area contributed by atoms with Crippen molar-refractivity contribution in [3.05, 3.63) is 0 Å². The van der Waals surface area contributed by atoms with Crippen molar-refractivity contribution in [1.82, 2.24) is 4.90 Å². The number of hydrogen-bond acceptors (Lipinski definition) is 6. The van der Waals surface area contributed by atoms with Crippen molar-refractivity contribution in [2.24, 2.45) is 0 Å². The van der Waals surface area contributed by atoms with Gasteiger partial charge in [-0.25, -0.2) is 4.79 Å². The first-order valence-electron chi connectivity index (χ1n) is 7.17. The summed E-state index contributed by atoms with van der Waals surface area (Å²) in [5.41, 5.74) is -2.12. The van der Waals surface area contributed by atoms with Gasteiger partial charge >= 0.3 is 11.9 Å². The molecule has 0 bridgehead atoms. The molecule has 1 N–H and O–H groups in total. The molecule has 0 unspecified atom stereocenters. The summed E-state index contributed by atoms with van der Waals surface area (Å²) in [4.78, 5) is 25.9. The van der Waals surface area contributed by atoms with Crippen LogP contribution in [0.25, 0.3) is 0 Å². The van der Waals surface area contributed by atoms with E-state index in [1.54, 1.807) is 0 Å². The summed E-state index contributed by atoms with van der Waals surface area (Å²) in [6.45, 7) is 9.73. The summed E-state index contributed by atoms with van der Waals surface area (Å²) in [6.07, 6.45) is 0.658. The quantitative estimate of drug-likeness (QED) is 0.784. The van der Waals surface area contributed by atoms with E-state index >= 15 is 0 Å². The number of carbonyl (C=O) groups excluding carboxylic acids is 2. The number of aliphatic hydroxyl groups is 1. The van der Waals surface area contributed by atoms with Crippen LogP contribution in [-0.4, -0.2) is 58.9 Å². The van der Waals surface area contributed by atoms with E-state index < -0.39 is 28.6 Å².